The number of hydrogen-bond acceptors (Lipinski definition) is 4. The molecule has 0 bridgehead atoms. The van der Waals surface area contributed by atoms with Crippen LogP contribution in [-0.4, -0.2) is 25.0 Å². The molecule has 5 heteroatoms. The van der Waals surface area contributed by atoms with Crippen LogP contribution < -0.4 is 0 Å². The van der Waals surface area contributed by atoms with Crippen LogP contribution in [0, 0.1) is 6.92 Å². The molecule has 0 fully saturated rings. The molecule has 0 saturated heterocycles. The Balaban J connectivity index is 1.93. The zero-order valence-electron chi connectivity index (χ0n) is 11.1. The van der Waals surface area contributed by atoms with Gasteiger partial charge in [0.1, 0.15) is 11.3 Å². The second kappa shape index (κ2) is 4.94. The van der Waals surface area contributed by atoms with E-state index in [9.17, 15) is 10.2 Å². The van der Waals surface area contributed by atoms with Crippen LogP contribution in [0.4, 0.5) is 0 Å². The van der Waals surface area contributed by atoms with Gasteiger partial charge in [-0.05, 0) is 24.6 Å². The highest BCUT2D eigenvalue weighted by atomic mass is 16.3. The first-order chi connectivity index (χ1) is 9.65. The number of nitrogens with zero attached hydrogens (tertiary/aromatic N) is 3. The molecule has 0 aliphatic carbocycles. The second-order valence-electron chi connectivity index (χ2n) is 4.88. The summed E-state index contributed by atoms with van der Waals surface area (Å²) in [7, 11) is 0. The lowest BCUT2D eigenvalue weighted by Gasteiger charge is -2.12. The molecule has 1 atom stereocenters. The van der Waals surface area contributed by atoms with Crippen LogP contribution in [0.5, 0.6) is 5.75 Å². The number of fused-ring (bicyclic) bond motifs is 1. The molecule has 2 heterocycles. The van der Waals surface area contributed by atoms with Gasteiger partial charge in [-0.1, -0.05) is 35.0 Å². The van der Waals surface area contributed by atoms with E-state index in [1.54, 1.807) is 16.6 Å². The molecule has 0 saturated carbocycles. The lowest BCUT2D eigenvalue weighted by atomic mass is 10.0. The Bertz CT molecular complexity index is 752. The standard InChI is InChI=1S/C15H15N3O2/c1-10-3-2-4-11(7-10)15(20)8-12-5-6-14(19)13-9-16-17-18(12)13/h2-7,9,15,19-20H,8H2,1H3. The molecule has 3 rings (SSSR count). The fourth-order valence-electron chi connectivity index (χ4n) is 2.30. The van der Waals surface area contributed by atoms with Crippen molar-refractivity contribution in [1.29, 1.82) is 0 Å². The number of aliphatic hydroxyl groups is 1. The number of hydrogen-bond donors (Lipinski definition) is 2. The van der Waals surface area contributed by atoms with Gasteiger partial charge in [0.15, 0.2) is 0 Å². The summed E-state index contributed by atoms with van der Waals surface area (Å²) in [5, 5.41) is 27.8. The minimum absolute atomic E-state index is 0.129. The first kappa shape index (κ1) is 12.6. The first-order valence-corrected chi connectivity index (χ1v) is 6.41. The molecule has 1 aromatic carbocycles. The quantitative estimate of drug-likeness (QED) is 0.763. The van der Waals surface area contributed by atoms with E-state index in [-0.39, 0.29) is 5.75 Å². The van der Waals surface area contributed by atoms with Gasteiger partial charge in [0, 0.05) is 12.1 Å². The van der Waals surface area contributed by atoms with E-state index in [1.165, 1.54) is 6.20 Å². The number of pyridine rings is 1. The zero-order valence-corrected chi connectivity index (χ0v) is 11.1. The third-order valence-electron chi connectivity index (χ3n) is 3.35. The van der Waals surface area contributed by atoms with Gasteiger partial charge < -0.3 is 10.2 Å². The minimum Gasteiger partial charge on any atom is -0.506 e. The van der Waals surface area contributed by atoms with Crippen LogP contribution in [0.25, 0.3) is 5.52 Å². The Hall–Kier alpha value is -2.40. The normalized spacial score (nSPS) is 12.7. The lowest BCUT2D eigenvalue weighted by molar-refractivity contribution is 0.176. The Morgan fingerprint density at radius 1 is 1.25 bits per heavy atom. The van der Waals surface area contributed by atoms with Gasteiger partial charge in [-0.15, -0.1) is 5.10 Å². The highest BCUT2D eigenvalue weighted by Crippen LogP contribution is 2.23. The lowest BCUT2D eigenvalue weighted by Crippen LogP contribution is -2.07. The van der Waals surface area contributed by atoms with Crippen molar-refractivity contribution in [2.75, 3.05) is 0 Å². The van der Waals surface area contributed by atoms with Gasteiger partial charge >= 0.3 is 0 Å². The molecule has 0 aliphatic rings. The number of aromatic nitrogens is 3. The van der Waals surface area contributed by atoms with Gasteiger partial charge in [0.05, 0.1) is 12.3 Å². The van der Waals surface area contributed by atoms with Gasteiger partial charge in [-0.3, -0.25) is 0 Å². The maximum absolute atomic E-state index is 10.3. The maximum Gasteiger partial charge on any atom is 0.143 e. The third-order valence-corrected chi connectivity index (χ3v) is 3.35. The summed E-state index contributed by atoms with van der Waals surface area (Å²) >= 11 is 0. The zero-order chi connectivity index (χ0) is 14.1. The average Bonchev–Trinajstić information content (AvgIpc) is 2.92. The highest BCUT2D eigenvalue weighted by molar-refractivity contribution is 5.57. The monoisotopic (exact) mass is 269 g/mol. The van der Waals surface area contributed by atoms with Crippen molar-refractivity contribution in [2.45, 2.75) is 19.4 Å². The number of aliphatic hydroxyl groups excluding tert-OH is 1. The van der Waals surface area contributed by atoms with Crippen LogP contribution in [-0.2, 0) is 6.42 Å². The molecular weight excluding hydrogens is 254 g/mol. The van der Waals surface area contributed by atoms with Crippen LogP contribution in [0.1, 0.15) is 22.9 Å². The Morgan fingerprint density at radius 3 is 2.90 bits per heavy atom. The topological polar surface area (TPSA) is 70.7 Å². The van der Waals surface area contributed by atoms with Crippen molar-refractivity contribution < 1.29 is 10.2 Å². The predicted octanol–water partition coefficient (Wildman–Crippen LogP) is 2.02. The number of rotatable bonds is 3. The summed E-state index contributed by atoms with van der Waals surface area (Å²) in [5.41, 5.74) is 3.31. The summed E-state index contributed by atoms with van der Waals surface area (Å²) in [4.78, 5) is 0. The predicted molar refractivity (Wildman–Crippen MR) is 74.5 cm³/mol. The van der Waals surface area contributed by atoms with Crippen molar-refractivity contribution in [1.82, 2.24) is 14.8 Å². The molecule has 3 aromatic rings. The molecule has 2 N–H and O–H groups in total. The molecule has 0 aliphatic heterocycles. The highest BCUT2D eigenvalue weighted by Gasteiger charge is 2.13. The average molecular weight is 269 g/mol. The van der Waals surface area contributed by atoms with Crippen LogP contribution in [0.2, 0.25) is 0 Å². The van der Waals surface area contributed by atoms with Gasteiger partial charge in [0.25, 0.3) is 0 Å². The summed E-state index contributed by atoms with van der Waals surface area (Å²) in [6.07, 6.45) is 1.29. The Morgan fingerprint density at radius 2 is 2.10 bits per heavy atom. The summed E-state index contributed by atoms with van der Waals surface area (Å²) in [5.74, 6) is 0.129. The summed E-state index contributed by atoms with van der Waals surface area (Å²) in [6.45, 7) is 1.99. The van der Waals surface area contributed by atoms with E-state index in [1.807, 2.05) is 31.2 Å². The van der Waals surface area contributed by atoms with Crippen molar-refractivity contribution in [3.8, 4) is 5.75 Å². The van der Waals surface area contributed by atoms with E-state index in [0.717, 1.165) is 16.8 Å². The smallest absolute Gasteiger partial charge is 0.143 e. The largest absolute Gasteiger partial charge is 0.506 e. The molecule has 20 heavy (non-hydrogen) atoms. The molecule has 102 valence electrons. The molecule has 0 radical (unpaired) electrons. The molecule has 5 nitrogen and oxygen atoms in total. The first-order valence-electron chi connectivity index (χ1n) is 6.41. The van der Waals surface area contributed by atoms with Crippen molar-refractivity contribution in [3.63, 3.8) is 0 Å². The number of aryl methyl sites for hydroxylation is 1. The number of aromatic hydroxyl groups is 1. The SMILES string of the molecule is Cc1cccc(C(O)Cc2ccc(O)c3cnnn23)c1. The molecule has 0 spiro atoms. The van der Waals surface area contributed by atoms with E-state index in [2.05, 4.69) is 10.3 Å². The van der Waals surface area contributed by atoms with Crippen molar-refractivity contribution >= 4 is 5.52 Å². The van der Waals surface area contributed by atoms with E-state index in [0.29, 0.717) is 11.9 Å². The Kier molecular flexibility index (Phi) is 3.12. The van der Waals surface area contributed by atoms with Crippen LogP contribution in [0.3, 0.4) is 0 Å². The van der Waals surface area contributed by atoms with Gasteiger partial charge in [0.2, 0.25) is 0 Å². The third kappa shape index (κ3) is 2.23. The van der Waals surface area contributed by atoms with Crippen LogP contribution >= 0.6 is 0 Å². The molecular formula is C15H15N3O2. The Labute approximate surface area is 116 Å². The van der Waals surface area contributed by atoms with Crippen LogP contribution in [0.15, 0.2) is 42.6 Å². The summed E-state index contributed by atoms with van der Waals surface area (Å²) in [6, 6.07) is 11.1. The number of benzene rings is 1. The van der Waals surface area contributed by atoms with E-state index < -0.39 is 6.10 Å². The molecule has 0 amide bonds. The van der Waals surface area contributed by atoms with Crippen molar-refractivity contribution in [3.05, 3.63) is 59.4 Å². The summed E-state index contributed by atoms with van der Waals surface area (Å²) < 4.78 is 1.55. The second-order valence-corrected chi connectivity index (χ2v) is 4.88. The minimum atomic E-state index is -0.619. The van der Waals surface area contributed by atoms with E-state index >= 15 is 0 Å². The molecule has 2 aromatic heterocycles. The van der Waals surface area contributed by atoms with Gasteiger partial charge in [-0.2, -0.15) is 0 Å². The van der Waals surface area contributed by atoms with Crippen molar-refractivity contribution in [2.24, 2.45) is 0 Å². The van der Waals surface area contributed by atoms with E-state index in [4.69, 9.17) is 0 Å². The fraction of sp³-hybridized carbons (Fsp3) is 0.200. The maximum atomic E-state index is 10.3. The fourth-order valence-corrected chi connectivity index (χ4v) is 2.30. The molecule has 1 unspecified atom stereocenters. The van der Waals surface area contributed by atoms with Gasteiger partial charge in [-0.25, -0.2) is 4.52 Å².